The summed E-state index contributed by atoms with van der Waals surface area (Å²) in [7, 11) is 1.59. The van der Waals surface area contributed by atoms with E-state index in [2.05, 4.69) is 31.4 Å². The zero-order valence-corrected chi connectivity index (χ0v) is 11.8. The highest BCUT2D eigenvalue weighted by Crippen LogP contribution is 2.25. The number of methoxy groups -OCH3 is 1. The molecule has 0 unspecified atom stereocenters. The van der Waals surface area contributed by atoms with E-state index in [0.29, 0.717) is 18.0 Å². The highest BCUT2D eigenvalue weighted by molar-refractivity contribution is 5.91. The molecule has 0 aromatic heterocycles. The van der Waals surface area contributed by atoms with Crippen molar-refractivity contribution in [2.45, 2.75) is 27.7 Å². The Morgan fingerprint density at radius 3 is 2.56 bits per heavy atom. The molecule has 0 bridgehead atoms. The van der Waals surface area contributed by atoms with Gasteiger partial charge in [0.2, 0.25) is 0 Å². The first kappa shape index (κ1) is 14.4. The minimum Gasteiger partial charge on any atom is -0.495 e. The van der Waals surface area contributed by atoms with Crippen LogP contribution in [0.3, 0.4) is 0 Å². The summed E-state index contributed by atoms with van der Waals surface area (Å²) >= 11 is 0. The number of nitrogens with one attached hydrogen (secondary N) is 2. The summed E-state index contributed by atoms with van der Waals surface area (Å²) < 4.78 is 5.20. The number of aryl methyl sites for hydroxylation is 1. The molecule has 0 aliphatic carbocycles. The minimum atomic E-state index is -0.214. The number of amides is 2. The predicted molar refractivity (Wildman–Crippen MR) is 74.2 cm³/mol. The van der Waals surface area contributed by atoms with Gasteiger partial charge >= 0.3 is 6.03 Å². The molecule has 1 aromatic carbocycles. The van der Waals surface area contributed by atoms with Crippen LogP contribution in [0.5, 0.6) is 5.75 Å². The predicted octanol–water partition coefficient (Wildman–Crippen LogP) is 3.17. The lowest BCUT2D eigenvalue weighted by Gasteiger charge is -2.19. The van der Waals surface area contributed by atoms with Crippen molar-refractivity contribution in [2.24, 2.45) is 5.41 Å². The molecule has 0 aliphatic rings. The van der Waals surface area contributed by atoms with Crippen molar-refractivity contribution in [1.82, 2.24) is 5.32 Å². The first-order chi connectivity index (χ1) is 8.31. The Hall–Kier alpha value is -1.71. The molecule has 1 rings (SSSR count). The van der Waals surface area contributed by atoms with Crippen molar-refractivity contribution in [3.05, 3.63) is 23.8 Å². The standard InChI is InChI=1S/C14H22N2O2/c1-10-6-7-12(18-5)11(8-10)16-13(17)15-9-14(2,3)4/h6-8H,9H2,1-5H3,(H2,15,16,17). The minimum absolute atomic E-state index is 0.0635. The van der Waals surface area contributed by atoms with Crippen LogP contribution in [0.2, 0.25) is 0 Å². The van der Waals surface area contributed by atoms with Crippen molar-refractivity contribution in [3.8, 4) is 5.75 Å². The summed E-state index contributed by atoms with van der Waals surface area (Å²) in [6, 6.07) is 5.45. The van der Waals surface area contributed by atoms with E-state index in [1.165, 1.54) is 0 Å². The van der Waals surface area contributed by atoms with Crippen LogP contribution in [-0.4, -0.2) is 19.7 Å². The number of carbonyl (C=O) groups is 1. The molecule has 0 saturated heterocycles. The Kier molecular flexibility index (Phi) is 4.59. The summed E-state index contributed by atoms with van der Waals surface area (Å²) in [5.74, 6) is 0.659. The fourth-order valence-corrected chi connectivity index (χ4v) is 1.43. The molecule has 4 heteroatoms. The molecular weight excluding hydrogens is 228 g/mol. The van der Waals surface area contributed by atoms with Gasteiger partial charge in [0.05, 0.1) is 12.8 Å². The van der Waals surface area contributed by atoms with Crippen molar-refractivity contribution in [3.63, 3.8) is 0 Å². The lowest BCUT2D eigenvalue weighted by molar-refractivity contribution is 0.246. The maximum absolute atomic E-state index is 11.8. The zero-order valence-electron chi connectivity index (χ0n) is 11.8. The number of anilines is 1. The van der Waals surface area contributed by atoms with Gasteiger partial charge in [-0.15, -0.1) is 0 Å². The van der Waals surface area contributed by atoms with Crippen LogP contribution in [0.4, 0.5) is 10.5 Å². The topological polar surface area (TPSA) is 50.4 Å². The summed E-state index contributed by atoms with van der Waals surface area (Å²) in [5, 5.41) is 5.64. The molecule has 2 amide bonds. The molecule has 0 heterocycles. The first-order valence-electron chi connectivity index (χ1n) is 6.01. The molecule has 1 aromatic rings. The first-order valence-corrected chi connectivity index (χ1v) is 6.01. The molecule has 100 valence electrons. The van der Waals surface area contributed by atoms with Crippen LogP contribution >= 0.6 is 0 Å². The van der Waals surface area contributed by atoms with Crippen molar-refractivity contribution in [2.75, 3.05) is 19.0 Å². The van der Waals surface area contributed by atoms with Crippen LogP contribution < -0.4 is 15.4 Å². The summed E-state index contributed by atoms with van der Waals surface area (Å²) in [4.78, 5) is 11.8. The zero-order chi connectivity index (χ0) is 13.8. The van der Waals surface area contributed by atoms with E-state index in [1.807, 2.05) is 25.1 Å². The Morgan fingerprint density at radius 2 is 2.00 bits per heavy atom. The van der Waals surface area contributed by atoms with Gasteiger partial charge in [-0.3, -0.25) is 0 Å². The van der Waals surface area contributed by atoms with Gasteiger partial charge in [0.1, 0.15) is 5.75 Å². The van der Waals surface area contributed by atoms with E-state index >= 15 is 0 Å². The van der Waals surface area contributed by atoms with Gasteiger partial charge in [-0.25, -0.2) is 4.79 Å². The lowest BCUT2D eigenvalue weighted by atomic mass is 9.97. The molecule has 0 spiro atoms. The second-order valence-electron chi connectivity index (χ2n) is 5.57. The molecule has 0 saturated carbocycles. The molecule has 2 N–H and O–H groups in total. The molecule has 4 nitrogen and oxygen atoms in total. The number of hydrogen-bond acceptors (Lipinski definition) is 2. The third kappa shape index (κ3) is 4.65. The van der Waals surface area contributed by atoms with Crippen molar-refractivity contribution in [1.29, 1.82) is 0 Å². The monoisotopic (exact) mass is 250 g/mol. The number of hydrogen-bond donors (Lipinski definition) is 2. The number of carbonyl (C=O) groups excluding carboxylic acids is 1. The summed E-state index contributed by atoms with van der Waals surface area (Å²) in [6.45, 7) is 8.80. The smallest absolute Gasteiger partial charge is 0.319 e. The maximum Gasteiger partial charge on any atom is 0.319 e. The highest BCUT2D eigenvalue weighted by Gasteiger charge is 2.13. The van der Waals surface area contributed by atoms with Gasteiger partial charge in [-0.2, -0.15) is 0 Å². The number of ether oxygens (including phenoxy) is 1. The van der Waals surface area contributed by atoms with Gasteiger partial charge in [0.25, 0.3) is 0 Å². The third-order valence-electron chi connectivity index (χ3n) is 2.38. The van der Waals surface area contributed by atoms with E-state index in [9.17, 15) is 4.79 Å². The second kappa shape index (κ2) is 5.76. The Bertz CT molecular complexity index is 422. The average Bonchev–Trinajstić information content (AvgIpc) is 2.26. The van der Waals surface area contributed by atoms with E-state index in [0.717, 1.165) is 5.56 Å². The SMILES string of the molecule is COc1ccc(C)cc1NC(=O)NCC(C)(C)C. The van der Waals surface area contributed by atoms with Crippen molar-refractivity contribution >= 4 is 11.7 Å². The van der Waals surface area contributed by atoms with Crippen LogP contribution in [-0.2, 0) is 0 Å². The summed E-state index contributed by atoms with van der Waals surface area (Å²) in [6.07, 6.45) is 0. The van der Waals surface area contributed by atoms with Crippen LogP contribution in [0.25, 0.3) is 0 Å². The Morgan fingerprint density at radius 1 is 1.33 bits per heavy atom. The van der Waals surface area contributed by atoms with E-state index in [4.69, 9.17) is 4.74 Å². The molecular formula is C14H22N2O2. The molecule has 0 radical (unpaired) electrons. The fourth-order valence-electron chi connectivity index (χ4n) is 1.43. The van der Waals surface area contributed by atoms with Gasteiger partial charge in [-0.05, 0) is 30.0 Å². The largest absolute Gasteiger partial charge is 0.495 e. The fraction of sp³-hybridized carbons (Fsp3) is 0.500. The lowest BCUT2D eigenvalue weighted by Crippen LogP contribution is -2.35. The van der Waals surface area contributed by atoms with Crippen LogP contribution in [0.1, 0.15) is 26.3 Å². The normalized spacial score (nSPS) is 10.9. The van der Waals surface area contributed by atoms with Crippen molar-refractivity contribution < 1.29 is 9.53 Å². The Balaban J connectivity index is 2.66. The third-order valence-corrected chi connectivity index (χ3v) is 2.38. The molecule has 0 atom stereocenters. The highest BCUT2D eigenvalue weighted by atomic mass is 16.5. The van der Waals surface area contributed by atoms with Gasteiger partial charge in [0, 0.05) is 6.54 Å². The van der Waals surface area contributed by atoms with E-state index in [1.54, 1.807) is 7.11 Å². The van der Waals surface area contributed by atoms with Gasteiger partial charge in [0.15, 0.2) is 0 Å². The Labute approximate surface area is 109 Å². The number of benzene rings is 1. The quantitative estimate of drug-likeness (QED) is 0.865. The second-order valence-corrected chi connectivity index (χ2v) is 5.57. The summed E-state index contributed by atoms with van der Waals surface area (Å²) in [5.41, 5.74) is 1.82. The van der Waals surface area contributed by atoms with E-state index in [-0.39, 0.29) is 11.4 Å². The van der Waals surface area contributed by atoms with Gasteiger partial charge < -0.3 is 15.4 Å². The van der Waals surface area contributed by atoms with Crippen LogP contribution in [0.15, 0.2) is 18.2 Å². The average molecular weight is 250 g/mol. The van der Waals surface area contributed by atoms with Gasteiger partial charge in [-0.1, -0.05) is 26.8 Å². The maximum atomic E-state index is 11.8. The molecule has 0 aliphatic heterocycles. The molecule has 18 heavy (non-hydrogen) atoms. The van der Waals surface area contributed by atoms with E-state index < -0.39 is 0 Å². The van der Waals surface area contributed by atoms with Crippen LogP contribution in [0, 0.1) is 12.3 Å². The number of rotatable bonds is 3. The molecule has 0 fully saturated rings. The number of urea groups is 1.